The molecule has 0 saturated heterocycles. The van der Waals surface area contributed by atoms with Crippen LogP contribution in [-0.2, 0) is 20.8 Å². The van der Waals surface area contributed by atoms with Crippen LogP contribution in [0.3, 0.4) is 0 Å². The standard InChI is InChI=1S/C15H19NO4S/c1-11(17)16(13(15(19)20)8-9-21-2)14(18)10-12-6-4-3-5-7-12/h3-7,13H,8-10H2,1-2H3,(H,19,20)/t13-/m0/s1. The zero-order valence-electron chi connectivity index (χ0n) is 12.1. The van der Waals surface area contributed by atoms with Gasteiger partial charge < -0.3 is 5.11 Å². The van der Waals surface area contributed by atoms with Crippen LogP contribution in [0.1, 0.15) is 18.9 Å². The lowest BCUT2D eigenvalue weighted by molar-refractivity contribution is -0.157. The van der Waals surface area contributed by atoms with Gasteiger partial charge in [-0.15, -0.1) is 0 Å². The lowest BCUT2D eigenvalue weighted by Gasteiger charge is -2.26. The highest BCUT2D eigenvalue weighted by Gasteiger charge is 2.32. The summed E-state index contributed by atoms with van der Waals surface area (Å²) in [6, 6.07) is 7.86. The number of nitrogens with zero attached hydrogens (tertiary/aromatic N) is 1. The Morgan fingerprint density at radius 3 is 2.33 bits per heavy atom. The predicted molar refractivity (Wildman–Crippen MR) is 82.1 cm³/mol. The highest BCUT2D eigenvalue weighted by atomic mass is 32.2. The van der Waals surface area contributed by atoms with Crippen LogP contribution in [0.2, 0.25) is 0 Å². The normalized spacial score (nSPS) is 11.7. The van der Waals surface area contributed by atoms with Gasteiger partial charge in [0.15, 0.2) is 0 Å². The molecule has 0 bridgehead atoms. The van der Waals surface area contributed by atoms with Gasteiger partial charge in [-0.25, -0.2) is 4.79 Å². The maximum absolute atomic E-state index is 12.3. The van der Waals surface area contributed by atoms with Crippen molar-refractivity contribution >= 4 is 29.5 Å². The Balaban J connectivity index is 2.90. The molecule has 21 heavy (non-hydrogen) atoms. The van der Waals surface area contributed by atoms with Crippen LogP contribution in [0.15, 0.2) is 30.3 Å². The highest BCUT2D eigenvalue weighted by Crippen LogP contribution is 2.12. The lowest BCUT2D eigenvalue weighted by atomic mass is 10.1. The summed E-state index contributed by atoms with van der Waals surface area (Å²) >= 11 is 1.48. The van der Waals surface area contributed by atoms with E-state index >= 15 is 0 Å². The van der Waals surface area contributed by atoms with Gasteiger partial charge in [-0.1, -0.05) is 30.3 Å². The summed E-state index contributed by atoms with van der Waals surface area (Å²) in [6.07, 6.45) is 2.11. The smallest absolute Gasteiger partial charge is 0.326 e. The van der Waals surface area contributed by atoms with Crippen molar-refractivity contribution in [2.75, 3.05) is 12.0 Å². The van der Waals surface area contributed by atoms with Gasteiger partial charge in [-0.3, -0.25) is 14.5 Å². The van der Waals surface area contributed by atoms with Gasteiger partial charge in [0, 0.05) is 6.92 Å². The minimum atomic E-state index is -1.15. The molecule has 0 spiro atoms. The molecule has 1 rings (SSSR count). The second-order valence-electron chi connectivity index (χ2n) is 4.58. The third-order valence-corrected chi connectivity index (χ3v) is 3.64. The number of benzene rings is 1. The maximum Gasteiger partial charge on any atom is 0.326 e. The lowest BCUT2D eigenvalue weighted by Crippen LogP contribution is -2.48. The zero-order valence-corrected chi connectivity index (χ0v) is 12.9. The first-order chi connectivity index (χ1) is 9.97. The first-order valence-corrected chi connectivity index (χ1v) is 7.95. The van der Waals surface area contributed by atoms with E-state index in [4.69, 9.17) is 0 Å². The molecule has 5 nitrogen and oxygen atoms in total. The quantitative estimate of drug-likeness (QED) is 0.831. The van der Waals surface area contributed by atoms with Gasteiger partial charge in [-0.2, -0.15) is 11.8 Å². The first kappa shape index (κ1) is 17.2. The fourth-order valence-electron chi connectivity index (χ4n) is 2.02. The largest absolute Gasteiger partial charge is 0.480 e. The summed E-state index contributed by atoms with van der Waals surface area (Å²) in [5.41, 5.74) is 0.753. The van der Waals surface area contributed by atoms with Crippen molar-refractivity contribution in [3.05, 3.63) is 35.9 Å². The number of carboxylic acid groups (broad SMARTS) is 1. The Morgan fingerprint density at radius 2 is 1.86 bits per heavy atom. The summed E-state index contributed by atoms with van der Waals surface area (Å²) < 4.78 is 0. The van der Waals surface area contributed by atoms with Gasteiger partial charge in [0.2, 0.25) is 11.8 Å². The zero-order chi connectivity index (χ0) is 15.8. The van der Waals surface area contributed by atoms with E-state index in [1.807, 2.05) is 12.3 Å². The van der Waals surface area contributed by atoms with E-state index in [1.54, 1.807) is 24.3 Å². The van der Waals surface area contributed by atoms with Crippen LogP contribution in [0.25, 0.3) is 0 Å². The maximum atomic E-state index is 12.3. The molecule has 2 amide bonds. The molecule has 0 heterocycles. The van der Waals surface area contributed by atoms with E-state index in [-0.39, 0.29) is 12.8 Å². The number of carbonyl (C=O) groups is 3. The van der Waals surface area contributed by atoms with Crippen LogP contribution < -0.4 is 0 Å². The van der Waals surface area contributed by atoms with Crippen LogP contribution in [0.5, 0.6) is 0 Å². The average Bonchev–Trinajstić information content (AvgIpc) is 2.43. The molecule has 114 valence electrons. The molecule has 1 N–H and O–H groups in total. The fraction of sp³-hybridized carbons (Fsp3) is 0.400. The third-order valence-electron chi connectivity index (χ3n) is 3.00. The molecule has 0 unspecified atom stereocenters. The summed E-state index contributed by atoms with van der Waals surface area (Å²) in [4.78, 5) is 36.2. The number of hydrogen-bond donors (Lipinski definition) is 1. The number of hydrogen-bond acceptors (Lipinski definition) is 4. The Hall–Kier alpha value is -1.82. The summed E-state index contributed by atoms with van der Waals surface area (Å²) in [7, 11) is 0. The van der Waals surface area contributed by atoms with Gasteiger partial charge in [0.1, 0.15) is 6.04 Å². The number of amides is 2. The van der Waals surface area contributed by atoms with E-state index in [9.17, 15) is 19.5 Å². The van der Waals surface area contributed by atoms with E-state index in [0.717, 1.165) is 10.5 Å². The molecule has 1 atom stereocenters. The van der Waals surface area contributed by atoms with Gasteiger partial charge in [0.05, 0.1) is 6.42 Å². The molecule has 6 heteroatoms. The van der Waals surface area contributed by atoms with Gasteiger partial charge in [-0.05, 0) is 24.0 Å². The minimum absolute atomic E-state index is 0.0173. The third kappa shape index (κ3) is 5.23. The van der Waals surface area contributed by atoms with Crippen molar-refractivity contribution in [3.8, 4) is 0 Å². The van der Waals surface area contributed by atoms with E-state index in [0.29, 0.717) is 5.75 Å². The summed E-state index contributed by atoms with van der Waals surface area (Å²) in [6.45, 7) is 1.22. The number of rotatable bonds is 7. The fourth-order valence-corrected chi connectivity index (χ4v) is 2.48. The van der Waals surface area contributed by atoms with E-state index in [1.165, 1.54) is 18.7 Å². The molecular weight excluding hydrogens is 290 g/mol. The second kappa shape index (κ2) is 8.46. The number of carbonyl (C=O) groups excluding carboxylic acids is 2. The topological polar surface area (TPSA) is 74.7 Å². The van der Waals surface area contributed by atoms with Crippen molar-refractivity contribution in [1.29, 1.82) is 0 Å². The Morgan fingerprint density at radius 1 is 1.24 bits per heavy atom. The van der Waals surface area contributed by atoms with E-state index < -0.39 is 23.8 Å². The summed E-state index contributed by atoms with van der Waals surface area (Å²) in [5.74, 6) is -1.60. The SMILES string of the molecule is CSCC[C@@H](C(=O)O)N(C(C)=O)C(=O)Cc1ccccc1. The predicted octanol–water partition coefficient (Wildman–Crippen LogP) is 1.81. The monoisotopic (exact) mass is 309 g/mol. The van der Waals surface area contributed by atoms with Crippen molar-refractivity contribution in [2.45, 2.75) is 25.8 Å². The van der Waals surface area contributed by atoms with Crippen LogP contribution >= 0.6 is 11.8 Å². The van der Waals surface area contributed by atoms with Crippen molar-refractivity contribution in [1.82, 2.24) is 4.90 Å². The van der Waals surface area contributed by atoms with E-state index in [2.05, 4.69) is 0 Å². The number of thioether (sulfide) groups is 1. The average molecular weight is 309 g/mol. The molecular formula is C15H19NO4S. The van der Waals surface area contributed by atoms with Crippen LogP contribution in [0, 0.1) is 0 Å². The Kier molecular flexibility index (Phi) is 6.94. The molecule has 0 saturated carbocycles. The molecule has 0 fully saturated rings. The molecule has 0 aliphatic carbocycles. The van der Waals surface area contributed by atoms with Crippen LogP contribution in [0.4, 0.5) is 0 Å². The second-order valence-corrected chi connectivity index (χ2v) is 5.57. The first-order valence-electron chi connectivity index (χ1n) is 6.55. The number of aliphatic carboxylic acids is 1. The molecule has 0 aromatic heterocycles. The van der Waals surface area contributed by atoms with Gasteiger partial charge in [0.25, 0.3) is 0 Å². The highest BCUT2D eigenvalue weighted by molar-refractivity contribution is 7.98. The van der Waals surface area contributed by atoms with Crippen molar-refractivity contribution in [3.63, 3.8) is 0 Å². The number of carboxylic acids is 1. The van der Waals surface area contributed by atoms with Crippen LogP contribution in [-0.4, -0.2) is 45.8 Å². The molecule has 0 aliphatic rings. The number of imide groups is 1. The minimum Gasteiger partial charge on any atom is -0.480 e. The van der Waals surface area contributed by atoms with Gasteiger partial charge >= 0.3 is 5.97 Å². The summed E-state index contributed by atoms with van der Waals surface area (Å²) in [5, 5.41) is 9.28. The molecule has 0 radical (unpaired) electrons. The Bertz CT molecular complexity index is 504. The Labute approximate surface area is 128 Å². The molecule has 1 aromatic carbocycles. The van der Waals surface area contributed by atoms with Crippen molar-refractivity contribution in [2.24, 2.45) is 0 Å². The molecule has 0 aliphatic heterocycles. The molecule has 1 aromatic rings. The van der Waals surface area contributed by atoms with Crippen molar-refractivity contribution < 1.29 is 19.5 Å².